The molecule has 2 nitrogen and oxygen atoms in total. The van der Waals surface area contributed by atoms with Gasteiger partial charge in [0.15, 0.2) is 0 Å². The van der Waals surface area contributed by atoms with Gasteiger partial charge in [-0.05, 0) is 31.5 Å². The van der Waals surface area contributed by atoms with Gasteiger partial charge < -0.3 is 10.2 Å². The molecule has 0 aliphatic carbocycles. The number of likely N-dealkylation sites (N-methyl/N-ethyl adjacent to an activating group) is 1. The minimum atomic E-state index is 0.543. The number of piperidine rings is 1. The molecule has 1 aliphatic rings. The van der Waals surface area contributed by atoms with Crippen LogP contribution in [0.2, 0.25) is 10.0 Å². The fourth-order valence-electron chi connectivity index (χ4n) is 2.43. The van der Waals surface area contributed by atoms with Gasteiger partial charge in [0, 0.05) is 19.1 Å². The van der Waals surface area contributed by atoms with E-state index in [0.717, 1.165) is 35.4 Å². The van der Waals surface area contributed by atoms with Gasteiger partial charge in [-0.1, -0.05) is 36.2 Å². The van der Waals surface area contributed by atoms with Crippen molar-refractivity contribution in [1.29, 1.82) is 0 Å². The van der Waals surface area contributed by atoms with Gasteiger partial charge in [0.05, 0.1) is 15.7 Å². The van der Waals surface area contributed by atoms with Crippen LogP contribution < -0.4 is 10.2 Å². The van der Waals surface area contributed by atoms with Crippen molar-refractivity contribution in [3.8, 4) is 0 Å². The van der Waals surface area contributed by atoms with Gasteiger partial charge in [0.25, 0.3) is 0 Å². The number of nitrogens with zero attached hydrogens (tertiary/aromatic N) is 1. The van der Waals surface area contributed by atoms with Gasteiger partial charge in [-0.25, -0.2) is 0 Å². The summed E-state index contributed by atoms with van der Waals surface area (Å²) in [6.45, 7) is 5.17. The molecule has 4 heteroatoms. The topological polar surface area (TPSA) is 15.3 Å². The molecule has 2 rings (SSSR count). The minimum absolute atomic E-state index is 0.543. The molecule has 1 unspecified atom stereocenters. The summed E-state index contributed by atoms with van der Waals surface area (Å²) in [7, 11) is 0. The molecule has 1 aromatic rings. The fourth-order valence-corrected chi connectivity index (χ4v) is 3.06. The molecule has 0 amide bonds. The highest BCUT2D eigenvalue weighted by atomic mass is 35.5. The molecule has 0 aromatic heterocycles. The van der Waals surface area contributed by atoms with Gasteiger partial charge in [0.2, 0.25) is 0 Å². The van der Waals surface area contributed by atoms with Crippen LogP contribution in [0.3, 0.4) is 0 Å². The second-order valence-electron chi connectivity index (χ2n) is 4.41. The van der Waals surface area contributed by atoms with E-state index < -0.39 is 0 Å². The third-order valence-corrected chi connectivity index (χ3v) is 3.78. The Balaban J connectivity index is 2.16. The number of hydrogen-bond acceptors (Lipinski definition) is 2. The van der Waals surface area contributed by atoms with Crippen LogP contribution in [0.15, 0.2) is 18.2 Å². The number of nitrogens with one attached hydrogen (secondary N) is 1. The van der Waals surface area contributed by atoms with Gasteiger partial charge in [-0.2, -0.15) is 0 Å². The number of hydrogen-bond donors (Lipinski definition) is 1. The zero-order valence-electron chi connectivity index (χ0n) is 10.0. The highest BCUT2D eigenvalue weighted by Gasteiger charge is 2.22. The van der Waals surface area contributed by atoms with E-state index in [9.17, 15) is 0 Å². The largest absolute Gasteiger partial charge is 0.368 e. The van der Waals surface area contributed by atoms with E-state index in [-0.39, 0.29) is 0 Å². The molecule has 1 aliphatic heterocycles. The van der Waals surface area contributed by atoms with Crippen molar-refractivity contribution in [2.75, 3.05) is 24.5 Å². The third kappa shape index (κ3) is 3.06. The lowest BCUT2D eigenvalue weighted by atomic mass is 10.0. The highest BCUT2D eigenvalue weighted by Crippen LogP contribution is 2.34. The Bertz CT molecular complexity index is 359. The average Bonchev–Trinajstić information content (AvgIpc) is 2.30. The van der Waals surface area contributed by atoms with Crippen molar-refractivity contribution < 1.29 is 0 Å². The van der Waals surface area contributed by atoms with Crippen LogP contribution >= 0.6 is 23.2 Å². The van der Waals surface area contributed by atoms with Crippen LogP contribution in [-0.4, -0.2) is 25.7 Å². The Kier molecular flexibility index (Phi) is 4.55. The molecule has 0 saturated carbocycles. The lowest BCUT2D eigenvalue weighted by Gasteiger charge is -2.35. The second-order valence-corrected chi connectivity index (χ2v) is 5.23. The maximum absolute atomic E-state index is 6.24. The summed E-state index contributed by atoms with van der Waals surface area (Å²) in [4.78, 5) is 2.29. The second kappa shape index (κ2) is 5.94. The Morgan fingerprint density at radius 3 is 2.71 bits per heavy atom. The SMILES string of the molecule is CCNC1CCCN(c2c(Cl)cccc2Cl)C1. The van der Waals surface area contributed by atoms with E-state index in [1.165, 1.54) is 12.8 Å². The molecular weight excluding hydrogens is 255 g/mol. The van der Waals surface area contributed by atoms with E-state index in [1.807, 2.05) is 18.2 Å². The molecule has 1 fully saturated rings. The van der Waals surface area contributed by atoms with Crippen LogP contribution in [0.5, 0.6) is 0 Å². The Hall–Kier alpha value is -0.440. The number of rotatable bonds is 3. The van der Waals surface area contributed by atoms with Gasteiger partial charge in [-0.15, -0.1) is 0 Å². The Morgan fingerprint density at radius 1 is 1.35 bits per heavy atom. The first-order chi connectivity index (χ1) is 8.22. The molecule has 1 atom stereocenters. The number of anilines is 1. The van der Waals surface area contributed by atoms with Crippen molar-refractivity contribution in [2.24, 2.45) is 0 Å². The van der Waals surface area contributed by atoms with E-state index >= 15 is 0 Å². The zero-order valence-corrected chi connectivity index (χ0v) is 11.6. The summed E-state index contributed by atoms with van der Waals surface area (Å²) in [6.07, 6.45) is 2.41. The van der Waals surface area contributed by atoms with Crippen LogP contribution in [-0.2, 0) is 0 Å². The van der Waals surface area contributed by atoms with Crippen LogP contribution in [0.25, 0.3) is 0 Å². The standard InChI is InChI=1S/C13H18Cl2N2/c1-2-16-10-5-4-8-17(9-10)13-11(14)6-3-7-12(13)15/h3,6-7,10,16H,2,4-5,8-9H2,1H3. The molecule has 1 saturated heterocycles. The smallest absolute Gasteiger partial charge is 0.0745 e. The minimum Gasteiger partial charge on any atom is -0.368 e. The summed E-state index contributed by atoms with van der Waals surface area (Å²) in [5.74, 6) is 0. The van der Waals surface area contributed by atoms with E-state index in [2.05, 4.69) is 17.1 Å². The van der Waals surface area contributed by atoms with Crippen molar-refractivity contribution >= 4 is 28.9 Å². The third-order valence-electron chi connectivity index (χ3n) is 3.17. The Labute approximate surface area is 113 Å². The van der Waals surface area contributed by atoms with E-state index in [1.54, 1.807) is 0 Å². The molecule has 17 heavy (non-hydrogen) atoms. The molecule has 1 aromatic carbocycles. The molecule has 0 radical (unpaired) electrons. The Morgan fingerprint density at radius 2 is 2.06 bits per heavy atom. The van der Waals surface area contributed by atoms with Crippen LogP contribution in [0, 0.1) is 0 Å². The normalized spacial score (nSPS) is 20.6. The molecule has 94 valence electrons. The predicted molar refractivity (Wildman–Crippen MR) is 75.4 cm³/mol. The first kappa shape index (κ1) is 13.0. The number of benzene rings is 1. The average molecular weight is 273 g/mol. The van der Waals surface area contributed by atoms with Crippen LogP contribution in [0.1, 0.15) is 19.8 Å². The summed E-state index contributed by atoms with van der Waals surface area (Å²) < 4.78 is 0. The fraction of sp³-hybridized carbons (Fsp3) is 0.538. The van der Waals surface area contributed by atoms with Gasteiger partial charge in [-0.3, -0.25) is 0 Å². The maximum Gasteiger partial charge on any atom is 0.0745 e. The molecule has 1 N–H and O–H groups in total. The van der Waals surface area contributed by atoms with Crippen molar-refractivity contribution in [3.05, 3.63) is 28.2 Å². The van der Waals surface area contributed by atoms with Crippen LogP contribution in [0.4, 0.5) is 5.69 Å². The predicted octanol–water partition coefficient (Wildman–Crippen LogP) is 3.57. The van der Waals surface area contributed by atoms with Crippen molar-refractivity contribution in [1.82, 2.24) is 5.32 Å². The zero-order chi connectivity index (χ0) is 12.3. The maximum atomic E-state index is 6.24. The van der Waals surface area contributed by atoms with Crippen molar-refractivity contribution in [3.63, 3.8) is 0 Å². The summed E-state index contributed by atoms with van der Waals surface area (Å²) in [5, 5.41) is 4.99. The van der Waals surface area contributed by atoms with Crippen molar-refractivity contribution in [2.45, 2.75) is 25.8 Å². The van der Waals surface area contributed by atoms with E-state index in [0.29, 0.717) is 6.04 Å². The van der Waals surface area contributed by atoms with E-state index in [4.69, 9.17) is 23.2 Å². The monoisotopic (exact) mass is 272 g/mol. The number of para-hydroxylation sites is 1. The summed E-state index contributed by atoms with van der Waals surface area (Å²) in [6, 6.07) is 6.24. The van der Waals surface area contributed by atoms with Gasteiger partial charge >= 0.3 is 0 Å². The molecular formula is C13H18Cl2N2. The highest BCUT2D eigenvalue weighted by molar-refractivity contribution is 6.39. The number of halogens is 2. The first-order valence-corrected chi connectivity index (χ1v) is 6.90. The first-order valence-electron chi connectivity index (χ1n) is 6.14. The summed E-state index contributed by atoms with van der Waals surface area (Å²) >= 11 is 12.5. The molecule has 0 bridgehead atoms. The summed E-state index contributed by atoms with van der Waals surface area (Å²) in [5.41, 5.74) is 0.985. The lowest BCUT2D eigenvalue weighted by molar-refractivity contribution is 0.431. The quantitative estimate of drug-likeness (QED) is 0.905. The van der Waals surface area contributed by atoms with Gasteiger partial charge in [0.1, 0.15) is 0 Å². The molecule has 0 spiro atoms. The lowest BCUT2D eigenvalue weighted by Crippen LogP contribution is -2.45. The molecule has 1 heterocycles.